The zero-order valence-electron chi connectivity index (χ0n) is 30.5. The first-order valence-corrected chi connectivity index (χ1v) is 17.7. The van der Waals surface area contributed by atoms with Gasteiger partial charge in [0.05, 0.1) is 5.70 Å². The SMILES string of the molecule is Cc1cc(C)c(B(c2ccc(N(c3ccccc3)c3ccc(/C(=C4\C=CC=N4)c4cccn4B(F)F)cc3)cc2)c2c(C)cc(C)cc2C)c(C)c1. The maximum atomic E-state index is 14.0. The average Bonchev–Trinajstić information content (AvgIpc) is 3.83. The molecule has 1 aromatic heterocycles. The van der Waals surface area contributed by atoms with Crippen LogP contribution in [0, 0.1) is 41.5 Å². The molecule has 0 radical (unpaired) electrons. The van der Waals surface area contributed by atoms with Crippen LogP contribution in [-0.4, -0.2) is 24.8 Å². The van der Waals surface area contributed by atoms with Crippen molar-refractivity contribution in [2.24, 2.45) is 4.99 Å². The Labute approximate surface area is 307 Å². The molecule has 0 bridgehead atoms. The number of aromatic nitrogens is 1. The van der Waals surface area contributed by atoms with E-state index >= 15 is 0 Å². The highest BCUT2D eigenvalue weighted by atomic mass is 19.2. The fourth-order valence-electron chi connectivity index (χ4n) is 8.04. The fraction of sp³-hybridized carbons (Fsp3) is 0.133. The Bertz CT molecular complexity index is 2220. The van der Waals surface area contributed by atoms with E-state index in [2.05, 4.69) is 124 Å². The van der Waals surface area contributed by atoms with Gasteiger partial charge >= 0.3 is 7.40 Å². The van der Waals surface area contributed by atoms with Crippen LogP contribution >= 0.6 is 0 Å². The van der Waals surface area contributed by atoms with Crippen molar-refractivity contribution >= 4 is 59.4 Å². The summed E-state index contributed by atoms with van der Waals surface area (Å²) in [7, 11) is -2.66. The zero-order valence-corrected chi connectivity index (χ0v) is 30.5. The Hall–Kier alpha value is -5.68. The van der Waals surface area contributed by atoms with Crippen LogP contribution in [0.1, 0.15) is 44.6 Å². The molecule has 52 heavy (non-hydrogen) atoms. The molecule has 0 saturated carbocycles. The summed E-state index contributed by atoms with van der Waals surface area (Å²) < 4.78 is 29.0. The molecule has 6 aromatic rings. The number of anilines is 3. The Morgan fingerprint density at radius 3 is 1.63 bits per heavy atom. The van der Waals surface area contributed by atoms with E-state index in [1.807, 2.05) is 42.5 Å². The van der Waals surface area contributed by atoms with Gasteiger partial charge in [0.15, 0.2) is 0 Å². The van der Waals surface area contributed by atoms with Gasteiger partial charge in [-0.3, -0.25) is 13.6 Å². The van der Waals surface area contributed by atoms with Crippen LogP contribution < -0.4 is 21.3 Å². The lowest BCUT2D eigenvalue weighted by molar-refractivity contribution is 0.628. The summed E-state index contributed by atoms with van der Waals surface area (Å²) in [5.41, 5.74) is 17.2. The standard InChI is InChI=1S/C45H41B2F2N3/c1-30-26-32(3)44(33(4)27-30)46(45-34(5)28-31(2)29-35(45)6)37-18-22-40(23-19-37)52(38-12-8-7-9-13-38)39-20-16-36(17-21-39)43(41-14-10-24-50-41)42-15-11-25-51(42)47(48)49/h7-29H,1-6H3/b43-41-. The van der Waals surface area contributed by atoms with E-state index in [0.29, 0.717) is 17.0 Å². The molecule has 0 spiro atoms. The number of nitrogens with zero attached hydrogens (tertiary/aromatic N) is 3. The molecule has 7 heteroatoms. The van der Waals surface area contributed by atoms with E-state index in [1.54, 1.807) is 18.3 Å². The predicted molar refractivity (Wildman–Crippen MR) is 219 cm³/mol. The van der Waals surface area contributed by atoms with Gasteiger partial charge in [-0.15, -0.1) is 0 Å². The molecule has 0 amide bonds. The van der Waals surface area contributed by atoms with Gasteiger partial charge in [0.1, 0.15) is 0 Å². The predicted octanol–water partition coefficient (Wildman–Crippen LogP) is 9.50. The fourth-order valence-corrected chi connectivity index (χ4v) is 8.04. The number of hydrogen-bond donors (Lipinski definition) is 0. The monoisotopic (exact) mass is 683 g/mol. The summed E-state index contributed by atoms with van der Waals surface area (Å²) in [5.74, 6) is 0. The van der Waals surface area contributed by atoms with Gasteiger partial charge in [-0.1, -0.05) is 116 Å². The van der Waals surface area contributed by atoms with Crippen molar-refractivity contribution in [3.63, 3.8) is 0 Å². The van der Waals surface area contributed by atoms with Crippen molar-refractivity contribution in [3.05, 3.63) is 184 Å². The third-order valence-electron chi connectivity index (χ3n) is 10.0. The van der Waals surface area contributed by atoms with Gasteiger partial charge in [-0.25, -0.2) is 0 Å². The van der Waals surface area contributed by atoms with Crippen molar-refractivity contribution in [1.82, 2.24) is 4.48 Å². The maximum absolute atomic E-state index is 14.0. The molecule has 0 saturated heterocycles. The molecule has 0 fully saturated rings. The number of allylic oxidation sites excluding steroid dienone is 2. The molecule has 3 nitrogen and oxygen atoms in total. The van der Waals surface area contributed by atoms with Crippen LogP contribution in [0.3, 0.4) is 0 Å². The number of aryl methyl sites for hydroxylation is 6. The van der Waals surface area contributed by atoms with Crippen molar-refractivity contribution in [1.29, 1.82) is 0 Å². The number of rotatable bonds is 9. The maximum Gasteiger partial charge on any atom is 0.677 e. The minimum Gasteiger partial charge on any atom is -0.332 e. The van der Waals surface area contributed by atoms with E-state index in [-0.39, 0.29) is 6.71 Å². The summed E-state index contributed by atoms with van der Waals surface area (Å²) in [6.07, 6.45) is 6.78. The summed E-state index contributed by atoms with van der Waals surface area (Å²) in [5, 5.41) is 0. The number of para-hydroxylation sites is 1. The Balaban J connectivity index is 1.32. The minimum atomic E-state index is -2.66. The van der Waals surface area contributed by atoms with Gasteiger partial charge in [-0.05, 0) is 114 Å². The van der Waals surface area contributed by atoms with E-state index in [0.717, 1.165) is 27.1 Å². The van der Waals surface area contributed by atoms with Crippen LogP contribution in [0.15, 0.2) is 144 Å². The van der Waals surface area contributed by atoms with Crippen molar-refractivity contribution in [3.8, 4) is 0 Å². The third-order valence-corrected chi connectivity index (χ3v) is 10.0. The normalized spacial score (nSPS) is 13.1. The lowest BCUT2D eigenvalue weighted by atomic mass is 9.34. The largest absolute Gasteiger partial charge is 0.677 e. The van der Waals surface area contributed by atoms with Gasteiger partial charge in [0.2, 0.25) is 6.71 Å². The molecule has 1 aliphatic heterocycles. The molecule has 0 atom stereocenters. The lowest BCUT2D eigenvalue weighted by Crippen LogP contribution is -2.55. The number of aliphatic imine (C=N–C) groups is 1. The van der Waals surface area contributed by atoms with Crippen molar-refractivity contribution in [2.75, 3.05) is 4.90 Å². The van der Waals surface area contributed by atoms with Gasteiger partial charge < -0.3 is 9.38 Å². The van der Waals surface area contributed by atoms with Gasteiger partial charge in [0, 0.05) is 34.5 Å². The molecular formula is C45H41B2F2N3. The molecule has 0 N–H and O–H groups in total. The molecule has 0 unspecified atom stereocenters. The zero-order chi connectivity index (χ0) is 36.5. The second kappa shape index (κ2) is 14.5. The second-order valence-electron chi connectivity index (χ2n) is 13.8. The summed E-state index contributed by atoms with van der Waals surface area (Å²) in [6.45, 7) is 13.3. The van der Waals surface area contributed by atoms with Crippen LogP contribution in [0.5, 0.6) is 0 Å². The van der Waals surface area contributed by atoms with Crippen molar-refractivity contribution < 1.29 is 8.63 Å². The first kappa shape index (κ1) is 34.8. The topological polar surface area (TPSA) is 20.5 Å². The molecule has 256 valence electrons. The van der Waals surface area contributed by atoms with Crippen LogP contribution in [0.25, 0.3) is 5.57 Å². The Kier molecular flexibility index (Phi) is 9.70. The van der Waals surface area contributed by atoms with Crippen LogP contribution in [0.4, 0.5) is 25.7 Å². The van der Waals surface area contributed by atoms with Crippen LogP contribution in [0.2, 0.25) is 0 Å². The molecule has 2 heterocycles. The first-order chi connectivity index (χ1) is 25.1. The highest BCUT2D eigenvalue weighted by Gasteiger charge is 2.29. The van der Waals surface area contributed by atoms with Gasteiger partial charge in [-0.2, -0.15) is 0 Å². The molecule has 5 aromatic carbocycles. The summed E-state index contributed by atoms with van der Waals surface area (Å²) in [4.78, 5) is 6.72. The Morgan fingerprint density at radius 1 is 0.615 bits per heavy atom. The molecule has 0 aliphatic carbocycles. The highest BCUT2D eigenvalue weighted by molar-refractivity contribution is 6.96. The third kappa shape index (κ3) is 6.71. The molecular weight excluding hydrogens is 642 g/mol. The van der Waals surface area contributed by atoms with Crippen molar-refractivity contribution in [2.45, 2.75) is 41.5 Å². The van der Waals surface area contributed by atoms with E-state index in [4.69, 9.17) is 0 Å². The summed E-state index contributed by atoms with van der Waals surface area (Å²) in [6, 6.07) is 39.9. The minimum absolute atomic E-state index is 0.0747. The van der Waals surface area contributed by atoms with E-state index in [9.17, 15) is 8.63 Å². The molecule has 1 aliphatic rings. The lowest BCUT2D eigenvalue weighted by Gasteiger charge is -2.27. The highest BCUT2D eigenvalue weighted by Crippen LogP contribution is 2.37. The number of halogens is 2. The average molecular weight is 683 g/mol. The molecule has 7 rings (SSSR count). The smallest absolute Gasteiger partial charge is 0.332 e. The quantitative estimate of drug-likeness (QED) is 0.139. The summed E-state index contributed by atoms with van der Waals surface area (Å²) >= 11 is 0. The number of hydrogen-bond acceptors (Lipinski definition) is 2. The second-order valence-corrected chi connectivity index (χ2v) is 13.8. The Morgan fingerprint density at radius 2 is 1.13 bits per heavy atom. The van der Waals surface area contributed by atoms with E-state index < -0.39 is 7.40 Å². The first-order valence-electron chi connectivity index (χ1n) is 17.7. The van der Waals surface area contributed by atoms with Gasteiger partial charge in [0.25, 0.3) is 0 Å². The van der Waals surface area contributed by atoms with E-state index in [1.165, 1.54) is 56.0 Å². The number of benzene rings is 5. The van der Waals surface area contributed by atoms with Crippen LogP contribution in [-0.2, 0) is 0 Å².